The van der Waals surface area contributed by atoms with E-state index in [0.29, 0.717) is 21.0 Å². The molecule has 0 aliphatic rings. The molecule has 0 radical (unpaired) electrons. The van der Waals surface area contributed by atoms with Crippen LogP contribution in [0.15, 0.2) is 71.6 Å². The van der Waals surface area contributed by atoms with Crippen molar-refractivity contribution in [3.05, 3.63) is 93.5 Å². The van der Waals surface area contributed by atoms with Crippen molar-refractivity contribution < 1.29 is 31.2 Å². The van der Waals surface area contributed by atoms with E-state index < -0.39 is 51.7 Å². The minimum atomic E-state index is -4.77. The molecule has 0 heterocycles. The molecule has 3 aromatic rings. The molecule has 3 aromatic carbocycles. The molecule has 1 N–H and O–H groups in total. The van der Waals surface area contributed by atoms with E-state index in [-0.39, 0.29) is 28.6 Å². The quantitative estimate of drug-likeness (QED) is 0.246. The van der Waals surface area contributed by atoms with Gasteiger partial charge in [0.05, 0.1) is 16.1 Å². The van der Waals surface area contributed by atoms with Gasteiger partial charge in [0.25, 0.3) is 10.0 Å². The number of benzene rings is 3. The number of anilines is 1. The first-order chi connectivity index (χ1) is 20.3. The van der Waals surface area contributed by atoms with Crippen LogP contribution in [0, 0.1) is 6.92 Å². The van der Waals surface area contributed by atoms with Gasteiger partial charge in [-0.15, -0.1) is 0 Å². The molecule has 238 valence electrons. The average molecular weight is 673 g/mol. The third kappa shape index (κ3) is 8.89. The van der Waals surface area contributed by atoms with Gasteiger partial charge in [0, 0.05) is 22.1 Å². The van der Waals surface area contributed by atoms with Crippen LogP contribution in [0.25, 0.3) is 0 Å². The maximum atomic E-state index is 14.1. The first kappa shape index (κ1) is 35.2. The first-order valence-corrected chi connectivity index (χ1v) is 15.8. The molecule has 7 nitrogen and oxygen atoms in total. The summed E-state index contributed by atoms with van der Waals surface area (Å²) in [4.78, 5) is 28.5. The van der Waals surface area contributed by atoms with Crippen LogP contribution < -0.4 is 9.62 Å². The van der Waals surface area contributed by atoms with Crippen molar-refractivity contribution >= 4 is 50.7 Å². The van der Waals surface area contributed by atoms with Gasteiger partial charge in [0.1, 0.15) is 12.6 Å². The predicted octanol–water partition coefficient (Wildman–Crippen LogP) is 7.24. The van der Waals surface area contributed by atoms with Crippen LogP contribution in [0.4, 0.5) is 18.9 Å². The Morgan fingerprint density at radius 2 is 1.59 bits per heavy atom. The number of hydrogen-bond acceptors (Lipinski definition) is 4. The topological polar surface area (TPSA) is 86.8 Å². The summed E-state index contributed by atoms with van der Waals surface area (Å²) >= 11 is 12.4. The molecule has 13 heteroatoms. The van der Waals surface area contributed by atoms with Crippen molar-refractivity contribution in [1.29, 1.82) is 0 Å². The second-order valence-electron chi connectivity index (χ2n) is 11.3. The second kappa shape index (κ2) is 13.8. The molecular weight excluding hydrogens is 638 g/mol. The fraction of sp³-hybridized carbons (Fsp3) is 0.355. The normalized spacial score (nSPS) is 12.9. The number of carbonyl (C=O) groups is 2. The standard InChI is InChI=1S/C31H34Cl2F3N3O4S/c1-6-27(29(41)37-30(3,4)5)38(18-21-12-13-23(32)17-26(21)33)28(40)19-39(24-9-7-8-22(16-24)31(34,35)36)44(42,43)25-14-10-20(2)11-15-25/h7-17,27H,6,18-19H2,1-5H3,(H,37,41). The zero-order chi connectivity index (χ0) is 33.0. The molecule has 44 heavy (non-hydrogen) atoms. The fourth-order valence-corrected chi connectivity index (χ4v) is 6.28. The zero-order valence-electron chi connectivity index (χ0n) is 24.9. The van der Waals surface area contributed by atoms with Crippen molar-refractivity contribution in [3.8, 4) is 0 Å². The zero-order valence-corrected chi connectivity index (χ0v) is 27.2. The number of aryl methyl sites for hydroxylation is 1. The third-order valence-electron chi connectivity index (χ3n) is 6.59. The predicted molar refractivity (Wildman–Crippen MR) is 166 cm³/mol. The summed E-state index contributed by atoms with van der Waals surface area (Å²) in [5, 5.41) is 3.39. The molecule has 0 aliphatic carbocycles. The number of carbonyl (C=O) groups excluding carboxylic acids is 2. The highest BCUT2D eigenvalue weighted by Crippen LogP contribution is 2.34. The lowest BCUT2D eigenvalue weighted by atomic mass is 10.1. The van der Waals surface area contributed by atoms with Gasteiger partial charge in [-0.3, -0.25) is 13.9 Å². The summed E-state index contributed by atoms with van der Waals surface area (Å²) in [6, 6.07) is 13.0. The van der Waals surface area contributed by atoms with Gasteiger partial charge in [0.2, 0.25) is 11.8 Å². The summed E-state index contributed by atoms with van der Waals surface area (Å²) in [5.74, 6) is -1.33. The maximum Gasteiger partial charge on any atom is 0.416 e. The third-order valence-corrected chi connectivity index (χ3v) is 8.96. The number of nitrogens with one attached hydrogen (secondary N) is 1. The highest BCUT2D eigenvalue weighted by atomic mass is 35.5. The van der Waals surface area contributed by atoms with E-state index >= 15 is 0 Å². The lowest BCUT2D eigenvalue weighted by Crippen LogP contribution is -2.55. The molecule has 0 bridgehead atoms. The van der Waals surface area contributed by atoms with Crippen molar-refractivity contribution in [2.45, 2.75) is 70.2 Å². The number of amides is 2. The number of hydrogen-bond donors (Lipinski definition) is 1. The van der Waals surface area contributed by atoms with E-state index in [9.17, 15) is 31.2 Å². The Morgan fingerprint density at radius 3 is 2.14 bits per heavy atom. The molecule has 0 saturated carbocycles. The largest absolute Gasteiger partial charge is 0.416 e. The lowest BCUT2D eigenvalue weighted by Gasteiger charge is -2.35. The Kier molecular flexibility index (Phi) is 11.0. The van der Waals surface area contributed by atoms with E-state index in [4.69, 9.17) is 23.2 Å². The molecule has 0 fully saturated rings. The number of halogens is 5. The second-order valence-corrected chi connectivity index (χ2v) is 14.0. The molecule has 1 unspecified atom stereocenters. The summed E-state index contributed by atoms with van der Waals surface area (Å²) in [6.45, 7) is 7.63. The van der Waals surface area contributed by atoms with E-state index in [2.05, 4.69) is 5.32 Å². The average Bonchev–Trinajstić information content (AvgIpc) is 2.91. The Morgan fingerprint density at radius 1 is 0.955 bits per heavy atom. The number of nitrogens with zero attached hydrogens (tertiary/aromatic N) is 2. The first-order valence-electron chi connectivity index (χ1n) is 13.7. The van der Waals surface area contributed by atoms with Gasteiger partial charge in [-0.25, -0.2) is 8.42 Å². The lowest BCUT2D eigenvalue weighted by molar-refractivity contribution is -0.141. The van der Waals surface area contributed by atoms with Crippen molar-refractivity contribution in [2.75, 3.05) is 10.8 Å². The van der Waals surface area contributed by atoms with Gasteiger partial charge in [-0.05, 0) is 82.1 Å². The van der Waals surface area contributed by atoms with Gasteiger partial charge in [-0.2, -0.15) is 13.2 Å². The van der Waals surface area contributed by atoms with E-state index in [1.807, 2.05) is 0 Å². The van der Waals surface area contributed by atoms with Crippen LogP contribution in [0.2, 0.25) is 10.0 Å². The molecular formula is C31H34Cl2F3N3O4S. The minimum absolute atomic E-state index is 0.146. The SMILES string of the molecule is CCC(C(=O)NC(C)(C)C)N(Cc1ccc(Cl)cc1Cl)C(=O)CN(c1cccc(C(F)(F)F)c1)S(=O)(=O)c1ccc(C)cc1. The summed E-state index contributed by atoms with van der Waals surface area (Å²) in [7, 11) is -4.56. The van der Waals surface area contributed by atoms with Crippen molar-refractivity contribution in [2.24, 2.45) is 0 Å². The van der Waals surface area contributed by atoms with Crippen LogP contribution in [-0.2, 0) is 32.3 Å². The monoisotopic (exact) mass is 671 g/mol. The van der Waals surface area contributed by atoms with Gasteiger partial charge in [0.15, 0.2) is 0 Å². The van der Waals surface area contributed by atoms with Crippen molar-refractivity contribution in [3.63, 3.8) is 0 Å². The molecule has 1 atom stereocenters. The van der Waals surface area contributed by atoms with E-state index in [1.165, 1.54) is 41.3 Å². The molecule has 0 aromatic heterocycles. The van der Waals surface area contributed by atoms with Crippen LogP contribution in [0.3, 0.4) is 0 Å². The Balaban J connectivity index is 2.16. The Labute approximate surface area is 266 Å². The van der Waals surface area contributed by atoms with Crippen LogP contribution in [0.1, 0.15) is 50.8 Å². The Bertz CT molecular complexity index is 1610. The maximum absolute atomic E-state index is 14.1. The fourth-order valence-electron chi connectivity index (χ4n) is 4.41. The highest BCUT2D eigenvalue weighted by Gasteiger charge is 2.36. The highest BCUT2D eigenvalue weighted by molar-refractivity contribution is 7.92. The molecule has 0 aliphatic heterocycles. The van der Waals surface area contributed by atoms with Crippen LogP contribution >= 0.6 is 23.2 Å². The van der Waals surface area contributed by atoms with Crippen molar-refractivity contribution in [1.82, 2.24) is 10.2 Å². The van der Waals surface area contributed by atoms with E-state index in [1.54, 1.807) is 46.8 Å². The summed E-state index contributed by atoms with van der Waals surface area (Å²) in [6.07, 6.45) is -4.62. The van der Waals surface area contributed by atoms with Gasteiger partial charge in [-0.1, -0.05) is 60.0 Å². The van der Waals surface area contributed by atoms with Gasteiger partial charge < -0.3 is 10.2 Å². The van der Waals surface area contributed by atoms with Gasteiger partial charge >= 0.3 is 6.18 Å². The molecule has 0 spiro atoms. The molecule has 2 amide bonds. The minimum Gasteiger partial charge on any atom is -0.350 e. The molecule has 3 rings (SSSR count). The van der Waals surface area contributed by atoms with Crippen LogP contribution in [-0.4, -0.2) is 43.3 Å². The Hall–Kier alpha value is -3.28. The van der Waals surface area contributed by atoms with Crippen LogP contribution in [0.5, 0.6) is 0 Å². The number of alkyl halides is 3. The summed E-state index contributed by atoms with van der Waals surface area (Å²) in [5.41, 5.74) is -0.931. The molecule has 0 saturated heterocycles. The number of sulfonamides is 1. The van der Waals surface area contributed by atoms with E-state index in [0.717, 1.165) is 17.7 Å². The smallest absolute Gasteiger partial charge is 0.350 e. The number of rotatable bonds is 10. The summed E-state index contributed by atoms with van der Waals surface area (Å²) < 4.78 is 69.5.